The summed E-state index contributed by atoms with van der Waals surface area (Å²) in [5.41, 5.74) is -0.902. The molecule has 7 nitrogen and oxygen atoms in total. The van der Waals surface area contributed by atoms with Gasteiger partial charge in [-0.15, -0.1) is 13.2 Å². The minimum absolute atomic E-state index is 0.0892. The lowest BCUT2D eigenvalue weighted by molar-refractivity contribution is -0.274. The molecule has 1 aliphatic rings. The van der Waals surface area contributed by atoms with Gasteiger partial charge < -0.3 is 25.4 Å². The monoisotopic (exact) mass is 519 g/mol. The fourth-order valence-electron chi connectivity index (χ4n) is 3.72. The number of ether oxygens (including phenoxy) is 2. The summed E-state index contributed by atoms with van der Waals surface area (Å²) in [7, 11) is 0. The van der Waals surface area contributed by atoms with Gasteiger partial charge in [0.2, 0.25) is 5.91 Å². The van der Waals surface area contributed by atoms with E-state index in [0.29, 0.717) is 25.7 Å². The van der Waals surface area contributed by atoms with Crippen molar-refractivity contribution in [3.63, 3.8) is 0 Å². The fraction of sp³-hybridized carbons (Fsp3) is 0.391. The van der Waals surface area contributed by atoms with E-state index >= 15 is 0 Å². The largest absolute Gasteiger partial charge is 0.573 e. The van der Waals surface area contributed by atoms with Crippen LogP contribution in [-0.4, -0.2) is 30.4 Å². The number of carbonyl (C=O) groups is 2. The predicted octanol–water partition coefficient (Wildman–Crippen LogP) is 6.07. The van der Waals surface area contributed by atoms with Crippen LogP contribution in [0.3, 0.4) is 0 Å². The first kappa shape index (κ1) is 27.0. The van der Waals surface area contributed by atoms with Crippen molar-refractivity contribution >= 4 is 23.3 Å². The van der Waals surface area contributed by atoms with Gasteiger partial charge in [0.25, 0.3) is 0 Å². The van der Waals surface area contributed by atoms with Crippen LogP contribution in [0.4, 0.5) is 42.5 Å². The summed E-state index contributed by atoms with van der Waals surface area (Å²) in [4.78, 5) is 23.7. The second-order valence-corrected chi connectivity index (χ2v) is 8.16. The lowest BCUT2D eigenvalue weighted by atomic mass is 9.93. The third kappa shape index (κ3) is 8.24. The SMILES string of the molecule is CC(=O)Nc1cc(C(F)(F)F)ccc1O[C@H]1CC[C@H](NC(=O)Nc2cccc(OC(F)(F)F)c2)CC1. The Balaban J connectivity index is 1.53. The molecule has 0 aromatic heterocycles. The van der Waals surface area contributed by atoms with Crippen molar-refractivity contribution in [1.29, 1.82) is 0 Å². The molecule has 1 aliphatic carbocycles. The van der Waals surface area contributed by atoms with E-state index in [1.807, 2.05) is 0 Å². The maximum Gasteiger partial charge on any atom is 0.573 e. The van der Waals surface area contributed by atoms with Gasteiger partial charge in [0.05, 0.1) is 17.4 Å². The van der Waals surface area contributed by atoms with E-state index in [9.17, 15) is 35.9 Å². The second kappa shape index (κ2) is 11.0. The topological polar surface area (TPSA) is 88.7 Å². The summed E-state index contributed by atoms with van der Waals surface area (Å²) < 4.78 is 85.8. The van der Waals surface area contributed by atoms with Gasteiger partial charge in [0.15, 0.2) is 0 Å². The van der Waals surface area contributed by atoms with Gasteiger partial charge in [-0.3, -0.25) is 4.79 Å². The third-order valence-electron chi connectivity index (χ3n) is 5.25. The lowest BCUT2D eigenvalue weighted by Crippen LogP contribution is -2.41. The normalized spacial score (nSPS) is 18.2. The quantitative estimate of drug-likeness (QED) is 0.404. The smallest absolute Gasteiger partial charge is 0.488 e. The molecule has 2 aromatic rings. The first-order valence-electron chi connectivity index (χ1n) is 10.9. The fourth-order valence-corrected chi connectivity index (χ4v) is 3.72. The van der Waals surface area contributed by atoms with E-state index in [0.717, 1.165) is 30.3 Å². The minimum atomic E-state index is -4.86. The Hall–Kier alpha value is -3.64. The Kier molecular flexibility index (Phi) is 8.21. The van der Waals surface area contributed by atoms with Crippen LogP contribution in [-0.2, 0) is 11.0 Å². The van der Waals surface area contributed by atoms with Crippen LogP contribution in [0.15, 0.2) is 42.5 Å². The zero-order valence-corrected chi connectivity index (χ0v) is 18.9. The van der Waals surface area contributed by atoms with E-state index in [2.05, 4.69) is 20.7 Å². The van der Waals surface area contributed by atoms with E-state index in [4.69, 9.17) is 4.74 Å². The molecule has 0 atom stereocenters. The number of hydrogen-bond acceptors (Lipinski definition) is 4. The van der Waals surface area contributed by atoms with Gasteiger partial charge in [0.1, 0.15) is 11.5 Å². The summed E-state index contributed by atoms with van der Waals surface area (Å²) in [6.07, 6.45) is -7.86. The Morgan fingerprint density at radius 1 is 0.917 bits per heavy atom. The standard InChI is InChI=1S/C23H23F6N3O4/c1-13(33)30-19-11-14(22(24,25)26)5-10-20(19)35-17-8-6-15(7-9-17)31-21(34)32-16-3-2-4-18(12-16)36-23(27,28)29/h2-5,10-12,15,17H,6-9H2,1H3,(H,30,33)(H2,31,32,34)/t15-,17-. The molecule has 0 aliphatic heterocycles. The van der Waals surface area contributed by atoms with Crippen LogP contribution in [0, 0.1) is 0 Å². The number of alkyl halides is 6. The van der Waals surface area contributed by atoms with Crippen molar-refractivity contribution < 1.29 is 45.4 Å². The van der Waals surface area contributed by atoms with Crippen molar-refractivity contribution in [2.75, 3.05) is 10.6 Å². The summed E-state index contributed by atoms with van der Waals surface area (Å²) in [5.74, 6) is -0.915. The summed E-state index contributed by atoms with van der Waals surface area (Å²) in [6, 6.07) is 6.82. The van der Waals surface area contributed by atoms with Gasteiger partial charge in [-0.25, -0.2) is 4.79 Å². The first-order chi connectivity index (χ1) is 16.8. The Labute approximate surface area is 202 Å². The van der Waals surface area contributed by atoms with Gasteiger partial charge >= 0.3 is 18.6 Å². The maximum absolute atomic E-state index is 13.0. The Bertz CT molecular complexity index is 1080. The summed E-state index contributed by atoms with van der Waals surface area (Å²) >= 11 is 0. The van der Waals surface area contributed by atoms with E-state index in [1.54, 1.807) is 0 Å². The molecule has 1 fully saturated rings. The predicted molar refractivity (Wildman–Crippen MR) is 118 cm³/mol. The van der Waals surface area contributed by atoms with Crippen molar-refractivity contribution in [3.05, 3.63) is 48.0 Å². The molecular weight excluding hydrogens is 496 g/mol. The summed E-state index contributed by atoms with van der Waals surface area (Å²) in [5, 5.41) is 7.53. The van der Waals surface area contributed by atoms with Crippen LogP contribution >= 0.6 is 0 Å². The van der Waals surface area contributed by atoms with Crippen LogP contribution in [0.25, 0.3) is 0 Å². The average molecular weight is 519 g/mol. The molecule has 3 N–H and O–H groups in total. The Morgan fingerprint density at radius 2 is 1.61 bits per heavy atom. The highest BCUT2D eigenvalue weighted by molar-refractivity contribution is 5.90. The van der Waals surface area contributed by atoms with Crippen molar-refractivity contribution in [2.45, 2.75) is 57.3 Å². The van der Waals surface area contributed by atoms with Gasteiger partial charge in [-0.2, -0.15) is 13.2 Å². The molecule has 36 heavy (non-hydrogen) atoms. The van der Waals surface area contributed by atoms with Crippen molar-refractivity contribution in [1.82, 2.24) is 5.32 Å². The third-order valence-corrected chi connectivity index (χ3v) is 5.25. The highest BCUT2D eigenvalue weighted by Gasteiger charge is 2.32. The van der Waals surface area contributed by atoms with E-state index in [1.165, 1.54) is 19.1 Å². The molecule has 0 heterocycles. The van der Waals surface area contributed by atoms with Crippen LogP contribution in [0.5, 0.6) is 11.5 Å². The number of nitrogens with one attached hydrogen (secondary N) is 3. The Morgan fingerprint density at radius 3 is 2.22 bits per heavy atom. The van der Waals surface area contributed by atoms with Crippen LogP contribution < -0.4 is 25.4 Å². The van der Waals surface area contributed by atoms with Crippen molar-refractivity contribution in [3.8, 4) is 11.5 Å². The molecule has 196 valence electrons. The molecule has 13 heteroatoms. The molecule has 3 amide bonds. The number of amides is 3. The molecule has 0 unspecified atom stereocenters. The number of benzene rings is 2. The van der Waals surface area contributed by atoms with Crippen LogP contribution in [0.2, 0.25) is 0 Å². The summed E-state index contributed by atoms with van der Waals surface area (Å²) in [6.45, 7) is 1.17. The lowest BCUT2D eigenvalue weighted by Gasteiger charge is -2.30. The molecular formula is C23H23F6N3O4. The zero-order chi connectivity index (χ0) is 26.5. The number of carbonyl (C=O) groups excluding carboxylic acids is 2. The van der Waals surface area contributed by atoms with Crippen molar-refractivity contribution in [2.24, 2.45) is 0 Å². The average Bonchev–Trinajstić information content (AvgIpc) is 2.74. The van der Waals surface area contributed by atoms with Gasteiger partial charge in [-0.05, 0) is 56.0 Å². The number of urea groups is 1. The van der Waals surface area contributed by atoms with Crippen LogP contribution in [0.1, 0.15) is 38.2 Å². The second-order valence-electron chi connectivity index (χ2n) is 8.16. The van der Waals surface area contributed by atoms with Gasteiger partial charge in [0, 0.05) is 24.7 Å². The molecule has 0 spiro atoms. The van der Waals surface area contributed by atoms with Gasteiger partial charge in [-0.1, -0.05) is 6.07 Å². The van der Waals surface area contributed by atoms with E-state index in [-0.39, 0.29) is 29.3 Å². The molecule has 0 bridgehead atoms. The number of hydrogen-bond donors (Lipinski definition) is 3. The maximum atomic E-state index is 13.0. The molecule has 0 radical (unpaired) electrons. The van der Waals surface area contributed by atoms with E-state index < -0.39 is 35.8 Å². The number of halogens is 6. The first-order valence-corrected chi connectivity index (χ1v) is 10.9. The highest BCUT2D eigenvalue weighted by Crippen LogP contribution is 2.36. The number of anilines is 2. The minimum Gasteiger partial charge on any atom is -0.488 e. The molecule has 2 aromatic carbocycles. The molecule has 0 saturated heterocycles. The molecule has 1 saturated carbocycles. The highest BCUT2D eigenvalue weighted by atomic mass is 19.4. The zero-order valence-electron chi connectivity index (χ0n) is 18.9. The molecule has 3 rings (SSSR count). The number of rotatable bonds is 6.